The molecule has 1 aromatic rings. The van der Waals surface area contributed by atoms with Crippen LogP contribution in [-0.2, 0) is 0 Å². The molecule has 1 atom stereocenters. The van der Waals surface area contributed by atoms with Crippen molar-refractivity contribution in [3.05, 3.63) is 34.3 Å². The Hall–Kier alpha value is -0.530. The summed E-state index contributed by atoms with van der Waals surface area (Å²) in [7, 11) is 0. The molecule has 0 aromatic heterocycles. The molecule has 0 spiro atoms. The largest absolute Gasteiger partial charge is 0.388 e. The second kappa shape index (κ2) is 3.92. The molecule has 1 nitrogen and oxygen atoms in total. The summed E-state index contributed by atoms with van der Waals surface area (Å²) in [4.78, 5) is 0. The van der Waals surface area contributed by atoms with Gasteiger partial charge in [0.25, 0.3) is 0 Å². The Morgan fingerprint density at radius 2 is 2.14 bits per heavy atom. The average Bonchev–Trinajstić information content (AvgIpc) is 2.86. The van der Waals surface area contributed by atoms with E-state index in [0.717, 1.165) is 28.5 Å². The predicted molar refractivity (Wildman–Crippen MR) is 58.5 cm³/mol. The molecule has 1 aromatic carbocycles. The van der Waals surface area contributed by atoms with Gasteiger partial charge < -0.3 is 5.11 Å². The van der Waals surface area contributed by atoms with Gasteiger partial charge in [-0.25, -0.2) is 0 Å². The minimum absolute atomic E-state index is 0.333. The number of hydrogen-bond acceptors (Lipinski definition) is 1. The molecule has 1 N–H and O–H groups in total. The van der Waals surface area contributed by atoms with Crippen LogP contribution in [0.15, 0.2) is 18.2 Å². The van der Waals surface area contributed by atoms with Gasteiger partial charge in [-0.15, -0.1) is 0 Å². The maximum absolute atomic E-state index is 9.92. The van der Waals surface area contributed by atoms with Gasteiger partial charge in [-0.2, -0.15) is 0 Å². The summed E-state index contributed by atoms with van der Waals surface area (Å²) in [5, 5.41) is 10.6. The Morgan fingerprint density at radius 1 is 1.43 bits per heavy atom. The lowest BCUT2D eigenvalue weighted by molar-refractivity contribution is 0.160. The summed E-state index contributed by atoms with van der Waals surface area (Å²) >= 11 is 5.94. The fourth-order valence-electron chi connectivity index (χ4n) is 1.76. The van der Waals surface area contributed by atoms with E-state index in [9.17, 15) is 5.11 Å². The van der Waals surface area contributed by atoms with Crippen molar-refractivity contribution in [2.75, 3.05) is 0 Å². The summed E-state index contributed by atoms with van der Waals surface area (Å²) < 4.78 is 0. The van der Waals surface area contributed by atoms with Crippen molar-refractivity contribution in [3.8, 4) is 0 Å². The lowest BCUT2D eigenvalue weighted by atomic mass is 10.0. The third-order valence-corrected chi connectivity index (χ3v) is 2.92. The Kier molecular flexibility index (Phi) is 2.80. The quantitative estimate of drug-likeness (QED) is 0.810. The summed E-state index contributed by atoms with van der Waals surface area (Å²) in [5.74, 6) is 0.740. The first-order chi connectivity index (χ1) is 6.65. The normalized spacial score (nSPS) is 18.2. The smallest absolute Gasteiger partial charge is 0.0793 e. The van der Waals surface area contributed by atoms with Crippen molar-refractivity contribution in [2.45, 2.75) is 32.3 Å². The van der Waals surface area contributed by atoms with Gasteiger partial charge in [-0.3, -0.25) is 0 Å². The Morgan fingerprint density at radius 3 is 2.71 bits per heavy atom. The molecule has 0 heterocycles. The number of halogens is 1. The van der Waals surface area contributed by atoms with E-state index in [0.29, 0.717) is 0 Å². The van der Waals surface area contributed by atoms with Crippen LogP contribution in [0.3, 0.4) is 0 Å². The summed E-state index contributed by atoms with van der Waals surface area (Å²) in [5.41, 5.74) is 2.07. The monoisotopic (exact) mass is 210 g/mol. The molecule has 2 heteroatoms. The van der Waals surface area contributed by atoms with Crippen LogP contribution in [0, 0.1) is 12.8 Å². The zero-order chi connectivity index (χ0) is 10.1. The standard InChI is InChI=1S/C12H15ClO/c1-8-4-10(7-11(13)5-8)12(14)6-9-2-3-9/h4-5,7,9,12,14H,2-3,6H2,1H3. The van der Waals surface area contributed by atoms with E-state index >= 15 is 0 Å². The lowest BCUT2D eigenvalue weighted by Crippen LogP contribution is -1.98. The number of aryl methyl sites for hydroxylation is 1. The average molecular weight is 211 g/mol. The Bertz CT molecular complexity index is 311. The van der Waals surface area contributed by atoms with Crippen LogP contribution in [0.1, 0.15) is 36.5 Å². The molecule has 1 saturated carbocycles. The van der Waals surface area contributed by atoms with Crippen LogP contribution in [-0.4, -0.2) is 5.11 Å². The minimum atomic E-state index is -0.333. The van der Waals surface area contributed by atoms with E-state index in [-0.39, 0.29) is 6.10 Å². The number of aliphatic hydroxyl groups excluding tert-OH is 1. The van der Waals surface area contributed by atoms with Crippen molar-refractivity contribution >= 4 is 11.6 Å². The second-order valence-electron chi connectivity index (χ2n) is 4.26. The van der Waals surface area contributed by atoms with Crippen LogP contribution in [0.2, 0.25) is 5.02 Å². The van der Waals surface area contributed by atoms with Gasteiger partial charge in [0, 0.05) is 5.02 Å². The van der Waals surface area contributed by atoms with Gasteiger partial charge >= 0.3 is 0 Å². The molecular weight excluding hydrogens is 196 g/mol. The Labute approximate surface area is 89.7 Å². The van der Waals surface area contributed by atoms with Crippen LogP contribution in [0.5, 0.6) is 0 Å². The van der Waals surface area contributed by atoms with Gasteiger partial charge in [0.05, 0.1) is 6.10 Å². The fourth-order valence-corrected chi connectivity index (χ4v) is 2.06. The third kappa shape index (κ3) is 2.49. The molecule has 2 rings (SSSR count). The van der Waals surface area contributed by atoms with Crippen molar-refractivity contribution in [2.24, 2.45) is 5.92 Å². The first-order valence-electron chi connectivity index (χ1n) is 5.10. The van der Waals surface area contributed by atoms with Gasteiger partial charge in [0.1, 0.15) is 0 Å². The second-order valence-corrected chi connectivity index (χ2v) is 4.69. The zero-order valence-electron chi connectivity index (χ0n) is 8.33. The predicted octanol–water partition coefficient (Wildman–Crippen LogP) is 3.48. The van der Waals surface area contributed by atoms with Gasteiger partial charge in [0.2, 0.25) is 0 Å². The van der Waals surface area contributed by atoms with Crippen molar-refractivity contribution in [3.63, 3.8) is 0 Å². The van der Waals surface area contributed by atoms with Crippen LogP contribution in [0.4, 0.5) is 0 Å². The number of rotatable bonds is 3. The highest BCUT2D eigenvalue weighted by Gasteiger charge is 2.25. The molecule has 1 aliphatic rings. The van der Waals surface area contributed by atoms with Crippen LogP contribution < -0.4 is 0 Å². The molecule has 1 aliphatic carbocycles. The highest BCUT2D eigenvalue weighted by molar-refractivity contribution is 6.30. The molecule has 0 radical (unpaired) electrons. The maximum atomic E-state index is 9.92. The number of aliphatic hydroxyl groups is 1. The van der Waals surface area contributed by atoms with Crippen LogP contribution in [0.25, 0.3) is 0 Å². The fraction of sp³-hybridized carbons (Fsp3) is 0.500. The highest BCUT2D eigenvalue weighted by Crippen LogP contribution is 2.38. The molecule has 14 heavy (non-hydrogen) atoms. The van der Waals surface area contributed by atoms with E-state index < -0.39 is 0 Å². The SMILES string of the molecule is Cc1cc(Cl)cc(C(O)CC2CC2)c1. The lowest BCUT2D eigenvalue weighted by Gasteiger charge is -2.11. The molecule has 0 bridgehead atoms. The summed E-state index contributed by atoms with van der Waals surface area (Å²) in [6.45, 7) is 2.00. The molecular formula is C12H15ClO. The molecule has 0 amide bonds. The molecule has 0 saturated heterocycles. The minimum Gasteiger partial charge on any atom is -0.388 e. The zero-order valence-corrected chi connectivity index (χ0v) is 9.09. The maximum Gasteiger partial charge on any atom is 0.0793 e. The van der Waals surface area contributed by atoms with E-state index in [1.807, 2.05) is 25.1 Å². The first-order valence-corrected chi connectivity index (χ1v) is 5.48. The topological polar surface area (TPSA) is 20.2 Å². The molecule has 1 fully saturated rings. The van der Waals surface area contributed by atoms with Gasteiger partial charge in [-0.05, 0) is 42.5 Å². The van der Waals surface area contributed by atoms with Crippen molar-refractivity contribution in [1.29, 1.82) is 0 Å². The summed E-state index contributed by atoms with van der Waals surface area (Å²) in [6, 6.07) is 5.79. The first kappa shape index (κ1) is 10.0. The molecule has 0 aliphatic heterocycles. The van der Waals surface area contributed by atoms with Crippen LogP contribution >= 0.6 is 11.6 Å². The number of benzene rings is 1. The highest BCUT2D eigenvalue weighted by atomic mass is 35.5. The van der Waals surface area contributed by atoms with E-state index in [2.05, 4.69) is 0 Å². The van der Waals surface area contributed by atoms with Crippen molar-refractivity contribution < 1.29 is 5.11 Å². The van der Waals surface area contributed by atoms with Gasteiger partial charge in [-0.1, -0.05) is 30.5 Å². The third-order valence-electron chi connectivity index (χ3n) is 2.70. The molecule has 1 unspecified atom stereocenters. The number of hydrogen-bond donors (Lipinski definition) is 1. The molecule has 76 valence electrons. The summed E-state index contributed by atoms with van der Waals surface area (Å²) in [6.07, 6.45) is 3.10. The van der Waals surface area contributed by atoms with Gasteiger partial charge in [0.15, 0.2) is 0 Å². The van der Waals surface area contributed by atoms with E-state index in [4.69, 9.17) is 11.6 Å². The van der Waals surface area contributed by atoms with E-state index in [1.165, 1.54) is 12.8 Å². The van der Waals surface area contributed by atoms with Crippen molar-refractivity contribution in [1.82, 2.24) is 0 Å². The Balaban J connectivity index is 2.12. The van der Waals surface area contributed by atoms with E-state index in [1.54, 1.807) is 0 Å².